The zero-order chi connectivity index (χ0) is 18.6. The van der Waals surface area contributed by atoms with Gasteiger partial charge in [0.05, 0.1) is 12.5 Å². The normalized spacial score (nSPS) is 20.1. The predicted octanol–water partition coefficient (Wildman–Crippen LogP) is 1.84. The second-order valence-electron chi connectivity index (χ2n) is 6.25. The first-order valence-electron chi connectivity index (χ1n) is 8.27. The minimum Gasteiger partial charge on any atom is -0.481 e. The van der Waals surface area contributed by atoms with Crippen molar-refractivity contribution in [2.75, 3.05) is 19.9 Å². The third-order valence-electron chi connectivity index (χ3n) is 4.61. The highest BCUT2D eigenvalue weighted by Gasteiger charge is 2.36. The largest absolute Gasteiger partial charge is 0.481 e. The first-order chi connectivity index (χ1) is 11.8. The summed E-state index contributed by atoms with van der Waals surface area (Å²) < 4.78 is 5.32. The van der Waals surface area contributed by atoms with E-state index in [1.54, 1.807) is 12.0 Å². The maximum absolute atomic E-state index is 12.7. The van der Waals surface area contributed by atoms with Gasteiger partial charge in [0, 0.05) is 37.5 Å². The molecule has 0 bridgehead atoms. The fourth-order valence-electron chi connectivity index (χ4n) is 3.28. The van der Waals surface area contributed by atoms with Crippen LogP contribution >= 0.6 is 11.8 Å². The monoisotopic (exact) mass is 367 g/mol. The van der Waals surface area contributed by atoms with Gasteiger partial charge in [0.15, 0.2) is 5.16 Å². The van der Waals surface area contributed by atoms with Gasteiger partial charge in [-0.1, -0.05) is 11.8 Å². The molecule has 1 aromatic heterocycles. The molecule has 138 valence electrons. The van der Waals surface area contributed by atoms with Crippen LogP contribution in [-0.4, -0.2) is 63.9 Å². The molecule has 2 atom stereocenters. The molecule has 0 aliphatic carbocycles. The fraction of sp³-hybridized carbons (Fsp3) is 0.647. The SMILES string of the molecule is COC1CC(CC(=O)O)N(C(=O)CCc2c(C)nc(SC)nc2C)C1. The van der Waals surface area contributed by atoms with Crippen molar-refractivity contribution in [3.63, 3.8) is 0 Å². The molecule has 0 aromatic carbocycles. The van der Waals surface area contributed by atoms with Gasteiger partial charge >= 0.3 is 5.97 Å². The van der Waals surface area contributed by atoms with E-state index in [0.29, 0.717) is 25.8 Å². The number of amides is 1. The number of carbonyl (C=O) groups is 2. The van der Waals surface area contributed by atoms with Gasteiger partial charge < -0.3 is 14.7 Å². The Kier molecular flexibility index (Phi) is 6.78. The number of rotatable bonds is 7. The molecule has 1 amide bonds. The number of carboxylic acids is 1. The summed E-state index contributed by atoms with van der Waals surface area (Å²) in [5.74, 6) is -0.939. The summed E-state index contributed by atoms with van der Waals surface area (Å²) in [6.07, 6.45) is 3.23. The van der Waals surface area contributed by atoms with E-state index in [9.17, 15) is 9.59 Å². The van der Waals surface area contributed by atoms with Crippen molar-refractivity contribution in [2.24, 2.45) is 0 Å². The van der Waals surface area contributed by atoms with Gasteiger partial charge in [-0.05, 0) is 38.5 Å². The molecule has 1 saturated heterocycles. The summed E-state index contributed by atoms with van der Waals surface area (Å²) in [5, 5.41) is 9.80. The van der Waals surface area contributed by atoms with Crippen LogP contribution in [0.1, 0.15) is 36.2 Å². The van der Waals surface area contributed by atoms with E-state index in [4.69, 9.17) is 9.84 Å². The Balaban J connectivity index is 2.05. The van der Waals surface area contributed by atoms with E-state index in [1.807, 2.05) is 20.1 Å². The molecule has 2 rings (SSSR count). The molecule has 2 heterocycles. The lowest BCUT2D eigenvalue weighted by atomic mass is 10.1. The van der Waals surface area contributed by atoms with Crippen molar-refractivity contribution >= 4 is 23.6 Å². The molecule has 2 unspecified atom stereocenters. The number of hydrogen-bond donors (Lipinski definition) is 1. The Morgan fingerprint density at radius 1 is 1.32 bits per heavy atom. The number of likely N-dealkylation sites (tertiary alicyclic amines) is 1. The zero-order valence-corrected chi connectivity index (χ0v) is 15.9. The molecule has 0 radical (unpaired) electrons. The number of ether oxygens (including phenoxy) is 1. The maximum Gasteiger partial charge on any atom is 0.305 e. The summed E-state index contributed by atoms with van der Waals surface area (Å²) in [6, 6.07) is -0.299. The Morgan fingerprint density at radius 2 is 1.96 bits per heavy atom. The highest BCUT2D eigenvalue weighted by molar-refractivity contribution is 7.98. The first kappa shape index (κ1) is 19.7. The van der Waals surface area contributed by atoms with Gasteiger partial charge in [-0.3, -0.25) is 9.59 Å². The molecule has 8 heteroatoms. The Hall–Kier alpha value is -1.67. The van der Waals surface area contributed by atoms with Gasteiger partial charge in [0.2, 0.25) is 5.91 Å². The van der Waals surface area contributed by atoms with Crippen LogP contribution < -0.4 is 0 Å². The van der Waals surface area contributed by atoms with Gasteiger partial charge in [-0.15, -0.1) is 0 Å². The number of thioether (sulfide) groups is 1. The van der Waals surface area contributed by atoms with E-state index in [1.165, 1.54) is 11.8 Å². The lowest BCUT2D eigenvalue weighted by molar-refractivity contribution is -0.139. The van der Waals surface area contributed by atoms with Gasteiger partial charge in [-0.25, -0.2) is 9.97 Å². The summed E-state index contributed by atoms with van der Waals surface area (Å²) in [6.45, 7) is 4.31. The van der Waals surface area contributed by atoms with Crippen LogP contribution in [0, 0.1) is 13.8 Å². The van der Waals surface area contributed by atoms with Crippen molar-refractivity contribution in [2.45, 2.75) is 56.8 Å². The molecule has 1 fully saturated rings. The number of carbonyl (C=O) groups excluding carboxylic acids is 1. The third-order valence-corrected chi connectivity index (χ3v) is 5.16. The van der Waals surface area contributed by atoms with Gasteiger partial charge in [0.25, 0.3) is 0 Å². The zero-order valence-electron chi connectivity index (χ0n) is 15.1. The smallest absolute Gasteiger partial charge is 0.305 e. The number of nitrogens with zero attached hydrogens (tertiary/aromatic N) is 3. The summed E-state index contributed by atoms with van der Waals surface area (Å²) >= 11 is 1.49. The Morgan fingerprint density at radius 3 is 2.48 bits per heavy atom. The average molecular weight is 367 g/mol. The molecule has 7 nitrogen and oxygen atoms in total. The topological polar surface area (TPSA) is 92.6 Å². The van der Waals surface area contributed by atoms with E-state index < -0.39 is 5.97 Å². The Labute approximate surface area is 152 Å². The average Bonchev–Trinajstić information content (AvgIpc) is 2.95. The minimum atomic E-state index is -0.896. The standard InChI is InChI=1S/C17H25N3O4S/c1-10-14(11(2)19-17(18-10)25-4)5-6-15(21)20-9-13(24-3)7-12(20)8-16(22)23/h12-13H,5-9H2,1-4H3,(H,22,23). The fourth-order valence-corrected chi connectivity index (χ4v) is 3.74. The minimum absolute atomic E-state index is 0.0430. The number of hydrogen-bond acceptors (Lipinski definition) is 6. The quantitative estimate of drug-likeness (QED) is 0.580. The summed E-state index contributed by atoms with van der Waals surface area (Å²) in [4.78, 5) is 34.2. The number of aryl methyl sites for hydroxylation is 2. The van der Waals surface area contributed by atoms with E-state index in [2.05, 4.69) is 9.97 Å². The lowest BCUT2D eigenvalue weighted by Crippen LogP contribution is -2.37. The molecule has 0 spiro atoms. The summed E-state index contributed by atoms with van der Waals surface area (Å²) in [7, 11) is 1.59. The van der Waals surface area contributed by atoms with Crippen LogP contribution in [0.4, 0.5) is 0 Å². The lowest BCUT2D eigenvalue weighted by Gasteiger charge is -2.23. The van der Waals surface area contributed by atoms with E-state index in [0.717, 1.165) is 22.1 Å². The second-order valence-corrected chi connectivity index (χ2v) is 7.02. The van der Waals surface area contributed by atoms with Crippen LogP contribution in [0.2, 0.25) is 0 Å². The summed E-state index contributed by atoms with van der Waals surface area (Å²) in [5.41, 5.74) is 2.77. The van der Waals surface area contributed by atoms with Crippen LogP contribution in [0.25, 0.3) is 0 Å². The first-order valence-corrected chi connectivity index (χ1v) is 9.50. The molecule has 25 heavy (non-hydrogen) atoms. The number of aromatic nitrogens is 2. The molecular formula is C17H25N3O4S. The van der Waals surface area contributed by atoms with Gasteiger partial charge in [0.1, 0.15) is 0 Å². The Bertz CT molecular complexity index is 630. The molecule has 0 saturated carbocycles. The van der Waals surface area contributed by atoms with Crippen molar-refractivity contribution in [1.29, 1.82) is 0 Å². The number of aliphatic carboxylic acids is 1. The van der Waals surface area contributed by atoms with Crippen molar-refractivity contribution in [3.05, 3.63) is 17.0 Å². The van der Waals surface area contributed by atoms with E-state index in [-0.39, 0.29) is 24.5 Å². The van der Waals surface area contributed by atoms with Crippen molar-refractivity contribution in [3.8, 4) is 0 Å². The molecule has 1 aliphatic rings. The van der Waals surface area contributed by atoms with E-state index >= 15 is 0 Å². The molecule has 1 aliphatic heterocycles. The van der Waals surface area contributed by atoms with Crippen molar-refractivity contribution < 1.29 is 19.4 Å². The number of methoxy groups -OCH3 is 1. The third kappa shape index (κ3) is 4.92. The second kappa shape index (κ2) is 8.62. The van der Waals surface area contributed by atoms with Gasteiger partial charge in [-0.2, -0.15) is 0 Å². The van der Waals surface area contributed by atoms with Crippen LogP contribution in [0.3, 0.4) is 0 Å². The molecule has 1 aromatic rings. The van der Waals surface area contributed by atoms with Crippen LogP contribution in [0.15, 0.2) is 5.16 Å². The van der Waals surface area contributed by atoms with Crippen molar-refractivity contribution in [1.82, 2.24) is 14.9 Å². The van der Waals surface area contributed by atoms with Crippen LogP contribution in [0.5, 0.6) is 0 Å². The van der Waals surface area contributed by atoms with Crippen LogP contribution in [-0.2, 0) is 20.7 Å². The highest BCUT2D eigenvalue weighted by atomic mass is 32.2. The predicted molar refractivity (Wildman–Crippen MR) is 94.8 cm³/mol. The molecular weight excluding hydrogens is 342 g/mol. The number of carboxylic acid groups (broad SMARTS) is 1. The maximum atomic E-state index is 12.7. The molecule has 1 N–H and O–H groups in total. The highest BCUT2D eigenvalue weighted by Crippen LogP contribution is 2.24.